The Bertz CT molecular complexity index is 1490. The summed E-state index contributed by atoms with van der Waals surface area (Å²) in [5, 5.41) is 11.2. The van der Waals surface area contributed by atoms with Gasteiger partial charge in [-0.05, 0) is 63.5 Å². The molecule has 4 heterocycles. The van der Waals surface area contributed by atoms with E-state index in [-0.39, 0.29) is 23.7 Å². The van der Waals surface area contributed by atoms with Gasteiger partial charge in [0.15, 0.2) is 17.0 Å². The second-order valence-electron chi connectivity index (χ2n) is 12.1. The first-order valence-corrected chi connectivity index (χ1v) is 15.4. The van der Waals surface area contributed by atoms with E-state index in [1.807, 2.05) is 42.3 Å². The zero-order valence-electron chi connectivity index (χ0n) is 25.1. The van der Waals surface area contributed by atoms with Crippen molar-refractivity contribution >= 4 is 28.8 Å². The Balaban J connectivity index is 1.10. The molecule has 3 aromatic rings. The number of nitrogens with zero attached hydrogens (tertiary/aromatic N) is 9. The van der Waals surface area contributed by atoms with Gasteiger partial charge in [0.05, 0.1) is 12.4 Å². The molecule has 1 N–H and O–H groups in total. The first kappa shape index (κ1) is 29.0. The average molecular weight is 585 g/mol. The summed E-state index contributed by atoms with van der Waals surface area (Å²) in [5.41, 5.74) is 6.01. The number of aryl methyl sites for hydroxylation is 1. The standard InChI is InChI=1S/C31H40N10O2/c1-37-15-17-40(18-16-37)30(42)24-11-13-39(14-12-24)20-22-7-9-23(10-8-22)31(43)41(25-5-3-4-6-25)36-28-27-29(38(2)21-33-27)35-26(19-32)34-28/h7-10,21,24-25H,3-6,11-18,20H2,1-2H3,(H,34,35,36). The Morgan fingerprint density at radius 1 is 0.977 bits per heavy atom. The summed E-state index contributed by atoms with van der Waals surface area (Å²) in [7, 11) is 3.92. The van der Waals surface area contributed by atoms with Crippen molar-refractivity contribution in [2.75, 3.05) is 51.7 Å². The highest BCUT2D eigenvalue weighted by Crippen LogP contribution is 2.28. The SMILES string of the molecule is CN1CCN(C(=O)C2CCN(Cc3ccc(C(=O)N(Nc4nc(C#N)nc5c4ncn5C)C4CCCC4)cc3)CC2)CC1. The van der Waals surface area contributed by atoms with Crippen LogP contribution in [0.4, 0.5) is 5.82 Å². The van der Waals surface area contributed by atoms with Crippen molar-refractivity contribution in [2.45, 2.75) is 51.1 Å². The summed E-state index contributed by atoms with van der Waals surface area (Å²) in [6.45, 7) is 6.17. The fraction of sp³-hybridized carbons (Fsp3) is 0.548. The molecule has 12 heteroatoms. The van der Waals surface area contributed by atoms with Crippen LogP contribution < -0.4 is 5.43 Å². The van der Waals surface area contributed by atoms with Gasteiger partial charge in [0.2, 0.25) is 11.7 Å². The maximum Gasteiger partial charge on any atom is 0.272 e. The third kappa shape index (κ3) is 6.33. The predicted molar refractivity (Wildman–Crippen MR) is 162 cm³/mol. The molecule has 3 fully saturated rings. The Hall–Kier alpha value is -4.08. The molecule has 2 aliphatic heterocycles. The van der Waals surface area contributed by atoms with E-state index in [0.29, 0.717) is 28.5 Å². The number of hydrazine groups is 1. The molecule has 0 spiro atoms. The van der Waals surface area contributed by atoms with Crippen LogP contribution in [0, 0.1) is 17.2 Å². The quantitative estimate of drug-likeness (QED) is 0.417. The Kier molecular flexibility index (Phi) is 8.54. The van der Waals surface area contributed by atoms with Gasteiger partial charge in [-0.2, -0.15) is 15.2 Å². The molecular weight excluding hydrogens is 544 g/mol. The van der Waals surface area contributed by atoms with E-state index in [1.165, 1.54) is 0 Å². The van der Waals surface area contributed by atoms with Gasteiger partial charge in [-0.25, -0.2) is 9.99 Å². The number of nitriles is 1. The van der Waals surface area contributed by atoms with E-state index < -0.39 is 0 Å². The van der Waals surface area contributed by atoms with Crippen molar-refractivity contribution in [3.05, 3.63) is 47.5 Å². The molecule has 1 saturated carbocycles. The highest BCUT2D eigenvalue weighted by Gasteiger charge is 2.31. The van der Waals surface area contributed by atoms with Gasteiger partial charge in [-0.3, -0.25) is 19.9 Å². The number of hydrogen-bond acceptors (Lipinski definition) is 9. The van der Waals surface area contributed by atoms with E-state index in [1.54, 1.807) is 15.9 Å². The van der Waals surface area contributed by atoms with E-state index in [0.717, 1.165) is 89.9 Å². The van der Waals surface area contributed by atoms with Gasteiger partial charge in [0, 0.05) is 51.3 Å². The van der Waals surface area contributed by atoms with Crippen LogP contribution in [-0.4, -0.2) is 103 Å². The van der Waals surface area contributed by atoms with Gasteiger partial charge in [0.25, 0.3) is 5.91 Å². The number of likely N-dealkylation sites (tertiary alicyclic amines) is 1. The number of piperazine rings is 1. The molecule has 0 bridgehead atoms. The maximum absolute atomic E-state index is 13.9. The molecule has 0 atom stereocenters. The van der Waals surface area contributed by atoms with Crippen LogP contribution in [0.15, 0.2) is 30.6 Å². The number of hydrogen-bond donors (Lipinski definition) is 1. The number of fused-ring (bicyclic) bond motifs is 1. The topological polar surface area (TPSA) is 127 Å². The van der Waals surface area contributed by atoms with Crippen LogP contribution >= 0.6 is 0 Å². The summed E-state index contributed by atoms with van der Waals surface area (Å²) in [6.07, 6.45) is 7.31. The number of nitrogens with one attached hydrogen (secondary N) is 1. The largest absolute Gasteiger partial charge is 0.340 e. The number of rotatable bonds is 7. The fourth-order valence-electron chi connectivity index (χ4n) is 6.49. The lowest BCUT2D eigenvalue weighted by Gasteiger charge is -2.37. The molecule has 0 unspecified atom stereocenters. The molecule has 6 rings (SSSR count). The number of imidazole rings is 1. The summed E-state index contributed by atoms with van der Waals surface area (Å²) in [6, 6.07) is 9.86. The second kappa shape index (κ2) is 12.7. The van der Waals surface area contributed by atoms with E-state index in [4.69, 9.17) is 0 Å². The highest BCUT2D eigenvalue weighted by atomic mass is 16.2. The van der Waals surface area contributed by atoms with Crippen LogP contribution in [-0.2, 0) is 18.4 Å². The molecule has 1 aromatic carbocycles. The Morgan fingerprint density at radius 3 is 2.35 bits per heavy atom. The molecule has 1 aliphatic carbocycles. The lowest BCUT2D eigenvalue weighted by Crippen LogP contribution is -2.50. The van der Waals surface area contributed by atoms with Crippen molar-refractivity contribution in [3.8, 4) is 6.07 Å². The zero-order valence-corrected chi connectivity index (χ0v) is 25.1. The van der Waals surface area contributed by atoms with Crippen LogP contribution in [0.1, 0.15) is 60.3 Å². The molecule has 2 amide bonds. The van der Waals surface area contributed by atoms with E-state index in [9.17, 15) is 14.9 Å². The third-order valence-corrected chi connectivity index (χ3v) is 9.15. The number of anilines is 1. The molecule has 0 radical (unpaired) electrons. The predicted octanol–water partition coefficient (Wildman–Crippen LogP) is 2.63. The molecule has 3 aliphatic rings. The van der Waals surface area contributed by atoms with E-state index >= 15 is 0 Å². The van der Waals surface area contributed by atoms with Crippen molar-refractivity contribution in [1.82, 2.24) is 39.2 Å². The Morgan fingerprint density at radius 2 is 1.67 bits per heavy atom. The minimum Gasteiger partial charge on any atom is -0.340 e. The van der Waals surface area contributed by atoms with Crippen LogP contribution in [0.2, 0.25) is 0 Å². The average Bonchev–Trinajstić information content (AvgIpc) is 3.70. The highest BCUT2D eigenvalue weighted by molar-refractivity contribution is 5.96. The van der Waals surface area contributed by atoms with Crippen molar-refractivity contribution in [1.29, 1.82) is 5.26 Å². The minimum absolute atomic E-state index is 0.0151. The van der Waals surface area contributed by atoms with E-state index in [2.05, 4.69) is 37.2 Å². The molecule has 43 heavy (non-hydrogen) atoms. The van der Waals surface area contributed by atoms with Crippen LogP contribution in [0.3, 0.4) is 0 Å². The number of carbonyl (C=O) groups excluding carboxylic acids is 2. The number of piperidine rings is 1. The van der Waals surface area contributed by atoms with Crippen molar-refractivity contribution in [2.24, 2.45) is 13.0 Å². The number of likely N-dealkylation sites (N-methyl/N-ethyl adjacent to an activating group) is 1. The number of amides is 2. The monoisotopic (exact) mass is 584 g/mol. The Labute approximate surface area is 252 Å². The maximum atomic E-state index is 13.9. The van der Waals surface area contributed by atoms with Gasteiger partial charge in [-0.1, -0.05) is 25.0 Å². The van der Waals surface area contributed by atoms with Gasteiger partial charge in [-0.15, -0.1) is 0 Å². The third-order valence-electron chi connectivity index (χ3n) is 9.15. The lowest BCUT2D eigenvalue weighted by atomic mass is 9.94. The summed E-state index contributed by atoms with van der Waals surface area (Å²) in [4.78, 5) is 46.6. The first-order valence-electron chi connectivity index (χ1n) is 15.4. The fourth-order valence-corrected chi connectivity index (χ4v) is 6.49. The number of carbonyl (C=O) groups is 2. The number of benzene rings is 1. The molecule has 2 saturated heterocycles. The van der Waals surface area contributed by atoms with Gasteiger partial charge < -0.3 is 14.4 Å². The minimum atomic E-state index is -0.136. The lowest BCUT2D eigenvalue weighted by molar-refractivity contribution is -0.138. The molecule has 226 valence electrons. The van der Waals surface area contributed by atoms with Gasteiger partial charge in [0.1, 0.15) is 6.07 Å². The van der Waals surface area contributed by atoms with Crippen LogP contribution in [0.25, 0.3) is 11.2 Å². The number of aromatic nitrogens is 4. The molecule has 2 aromatic heterocycles. The van der Waals surface area contributed by atoms with Crippen molar-refractivity contribution < 1.29 is 9.59 Å². The van der Waals surface area contributed by atoms with Crippen molar-refractivity contribution in [3.63, 3.8) is 0 Å². The summed E-state index contributed by atoms with van der Waals surface area (Å²) >= 11 is 0. The summed E-state index contributed by atoms with van der Waals surface area (Å²) in [5.74, 6) is 0.691. The van der Waals surface area contributed by atoms with Gasteiger partial charge >= 0.3 is 0 Å². The zero-order chi connectivity index (χ0) is 29.9. The smallest absolute Gasteiger partial charge is 0.272 e. The second-order valence-corrected chi connectivity index (χ2v) is 12.1. The first-order chi connectivity index (χ1) is 20.9. The normalized spacial score (nSPS) is 19.0. The summed E-state index contributed by atoms with van der Waals surface area (Å²) < 4.78 is 1.73. The molecular formula is C31H40N10O2. The molecule has 12 nitrogen and oxygen atoms in total. The van der Waals surface area contributed by atoms with Crippen LogP contribution in [0.5, 0.6) is 0 Å².